The Balaban J connectivity index is 2.35. The molecule has 0 bridgehead atoms. The summed E-state index contributed by atoms with van der Waals surface area (Å²) in [5, 5.41) is 0. The zero-order valence-electron chi connectivity index (χ0n) is 9.57. The molecular formula is C12H17N3. The van der Waals surface area contributed by atoms with Gasteiger partial charge in [-0.15, -0.1) is 0 Å². The van der Waals surface area contributed by atoms with Gasteiger partial charge in [-0.05, 0) is 33.2 Å². The molecule has 0 N–H and O–H groups in total. The van der Waals surface area contributed by atoms with Crippen molar-refractivity contribution in [3.05, 3.63) is 35.9 Å². The van der Waals surface area contributed by atoms with Gasteiger partial charge in [0.05, 0.1) is 11.2 Å². The third-order valence-corrected chi connectivity index (χ3v) is 2.60. The molecule has 2 aromatic heterocycles. The normalized spacial score (nSPS) is 11.5. The van der Waals surface area contributed by atoms with Crippen LogP contribution >= 0.6 is 0 Å². The van der Waals surface area contributed by atoms with Crippen molar-refractivity contribution >= 4 is 5.52 Å². The van der Waals surface area contributed by atoms with Gasteiger partial charge >= 0.3 is 0 Å². The summed E-state index contributed by atoms with van der Waals surface area (Å²) >= 11 is 0. The first-order valence-corrected chi connectivity index (χ1v) is 5.26. The van der Waals surface area contributed by atoms with E-state index in [0.717, 1.165) is 18.8 Å². The van der Waals surface area contributed by atoms with E-state index in [1.807, 2.05) is 13.0 Å². The number of imidazole rings is 1. The molecule has 3 nitrogen and oxygen atoms in total. The van der Waals surface area contributed by atoms with Gasteiger partial charge in [0.2, 0.25) is 0 Å². The van der Waals surface area contributed by atoms with E-state index in [-0.39, 0.29) is 0 Å². The lowest BCUT2D eigenvalue weighted by atomic mass is 10.2. The Kier molecular flexibility index (Phi) is 2.73. The van der Waals surface area contributed by atoms with Gasteiger partial charge in [0.25, 0.3) is 0 Å². The Morgan fingerprint density at radius 1 is 1.33 bits per heavy atom. The highest BCUT2D eigenvalue weighted by molar-refractivity contribution is 5.53. The minimum absolute atomic E-state index is 1.01. The maximum atomic E-state index is 4.60. The van der Waals surface area contributed by atoms with Gasteiger partial charge < -0.3 is 9.30 Å². The van der Waals surface area contributed by atoms with Gasteiger partial charge in [0.1, 0.15) is 5.82 Å². The third kappa shape index (κ3) is 2.02. The molecule has 2 aromatic rings. The van der Waals surface area contributed by atoms with Crippen LogP contribution in [0.15, 0.2) is 24.4 Å². The Hall–Kier alpha value is -1.35. The maximum Gasteiger partial charge on any atom is 0.110 e. The van der Waals surface area contributed by atoms with Crippen molar-refractivity contribution in [3.63, 3.8) is 0 Å². The standard InChI is InChI=1S/C12H17N3/c1-10-13-11(7-9-14(2)3)12-6-4-5-8-15(10)12/h4-6,8H,7,9H2,1-3H3. The van der Waals surface area contributed by atoms with E-state index in [9.17, 15) is 0 Å². The molecule has 2 rings (SSSR count). The van der Waals surface area contributed by atoms with Crippen LogP contribution in [0.5, 0.6) is 0 Å². The molecule has 2 heterocycles. The van der Waals surface area contributed by atoms with Crippen molar-refractivity contribution in [2.24, 2.45) is 0 Å². The van der Waals surface area contributed by atoms with Crippen LogP contribution in [-0.4, -0.2) is 34.9 Å². The van der Waals surface area contributed by atoms with Crippen LogP contribution in [0.2, 0.25) is 0 Å². The van der Waals surface area contributed by atoms with E-state index in [4.69, 9.17) is 0 Å². The van der Waals surface area contributed by atoms with Crippen LogP contribution in [0.3, 0.4) is 0 Å². The van der Waals surface area contributed by atoms with Gasteiger partial charge in [-0.2, -0.15) is 0 Å². The fourth-order valence-corrected chi connectivity index (χ4v) is 1.78. The van der Waals surface area contributed by atoms with E-state index in [2.05, 4.69) is 46.7 Å². The average Bonchev–Trinajstić information content (AvgIpc) is 2.54. The molecule has 0 aliphatic heterocycles. The summed E-state index contributed by atoms with van der Waals surface area (Å²) in [5.74, 6) is 1.07. The molecule has 0 saturated heterocycles. The molecule has 0 amide bonds. The number of likely N-dealkylation sites (N-methyl/N-ethyl adjacent to an activating group) is 1. The van der Waals surface area contributed by atoms with Gasteiger partial charge in [-0.1, -0.05) is 6.07 Å². The summed E-state index contributed by atoms with van der Waals surface area (Å²) in [6.07, 6.45) is 3.07. The summed E-state index contributed by atoms with van der Waals surface area (Å²) in [4.78, 5) is 6.78. The quantitative estimate of drug-likeness (QED) is 0.757. The number of aromatic nitrogens is 2. The number of aryl methyl sites for hydroxylation is 1. The number of pyridine rings is 1. The average molecular weight is 203 g/mol. The lowest BCUT2D eigenvalue weighted by Gasteiger charge is -2.07. The number of hydrogen-bond acceptors (Lipinski definition) is 2. The predicted octanol–water partition coefficient (Wildman–Crippen LogP) is 1.75. The van der Waals surface area contributed by atoms with Crippen LogP contribution < -0.4 is 0 Å². The van der Waals surface area contributed by atoms with Gasteiger partial charge in [-0.25, -0.2) is 4.98 Å². The second-order valence-electron chi connectivity index (χ2n) is 4.11. The van der Waals surface area contributed by atoms with Crippen LogP contribution in [0.4, 0.5) is 0 Å². The molecule has 0 aromatic carbocycles. The molecule has 0 aliphatic rings. The molecule has 80 valence electrons. The summed E-state index contributed by atoms with van der Waals surface area (Å²) < 4.78 is 2.14. The van der Waals surface area contributed by atoms with Gasteiger partial charge in [0, 0.05) is 19.2 Å². The summed E-state index contributed by atoms with van der Waals surface area (Å²) in [5.41, 5.74) is 2.43. The maximum absolute atomic E-state index is 4.60. The Morgan fingerprint density at radius 3 is 2.87 bits per heavy atom. The number of fused-ring (bicyclic) bond motifs is 1. The first-order valence-electron chi connectivity index (χ1n) is 5.26. The predicted molar refractivity (Wildman–Crippen MR) is 62.2 cm³/mol. The molecule has 0 aliphatic carbocycles. The minimum atomic E-state index is 1.01. The fraction of sp³-hybridized carbons (Fsp3) is 0.417. The lowest BCUT2D eigenvalue weighted by Crippen LogP contribution is -2.15. The second kappa shape index (κ2) is 4.03. The third-order valence-electron chi connectivity index (χ3n) is 2.60. The highest BCUT2D eigenvalue weighted by atomic mass is 15.1. The first-order chi connectivity index (χ1) is 7.18. The highest BCUT2D eigenvalue weighted by Gasteiger charge is 2.06. The van der Waals surface area contributed by atoms with Crippen LogP contribution in [0, 0.1) is 6.92 Å². The zero-order chi connectivity index (χ0) is 10.8. The van der Waals surface area contributed by atoms with E-state index >= 15 is 0 Å². The van der Waals surface area contributed by atoms with Crippen molar-refractivity contribution in [1.29, 1.82) is 0 Å². The topological polar surface area (TPSA) is 20.5 Å². The summed E-state index contributed by atoms with van der Waals surface area (Å²) in [7, 11) is 4.18. The van der Waals surface area contributed by atoms with E-state index in [1.54, 1.807) is 0 Å². The van der Waals surface area contributed by atoms with Crippen LogP contribution in [0.25, 0.3) is 5.52 Å². The Bertz CT molecular complexity index is 457. The molecule has 0 saturated carbocycles. The monoisotopic (exact) mass is 203 g/mol. The van der Waals surface area contributed by atoms with Crippen molar-refractivity contribution in [3.8, 4) is 0 Å². The van der Waals surface area contributed by atoms with Gasteiger partial charge in [0.15, 0.2) is 0 Å². The van der Waals surface area contributed by atoms with Crippen LogP contribution in [-0.2, 0) is 6.42 Å². The molecule has 0 unspecified atom stereocenters. The zero-order valence-corrected chi connectivity index (χ0v) is 9.57. The van der Waals surface area contributed by atoms with Crippen molar-refractivity contribution in [2.75, 3.05) is 20.6 Å². The molecule has 0 atom stereocenters. The van der Waals surface area contributed by atoms with Crippen molar-refractivity contribution < 1.29 is 0 Å². The molecule has 15 heavy (non-hydrogen) atoms. The Morgan fingerprint density at radius 2 is 2.13 bits per heavy atom. The highest BCUT2D eigenvalue weighted by Crippen LogP contribution is 2.12. The number of nitrogens with zero attached hydrogens (tertiary/aromatic N) is 3. The first kappa shape index (κ1) is 10.2. The van der Waals surface area contributed by atoms with Gasteiger partial charge in [-0.3, -0.25) is 0 Å². The lowest BCUT2D eigenvalue weighted by molar-refractivity contribution is 0.412. The largest absolute Gasteiger partial charge is 0.309 e. The molecular weight excluding hydrogens is 186 g/mol. The van der Waals surface area contributed by atoms with E-state index in [1.165, 1.54) is 11.2 Å². The summed E-state index contributed by atoms with van der Waals surface area (Å²) in [6, 6.07) is 6.23. The molecule has 0 radical (unpaired) electrons. The Labute approximate surface area is 90.4 Å². The van der Waals surface area contributed by atoms with Crippen molar-refractivity contribution in [2.45, 2.75) is 13.3 Å². The minimum Gasteiger partial charge on any atom is -0.309 e. The van der Waals surface area contributed by atoms with Crippen molar-refractivity contribution in [1.82, 2.24) is 14.3 Å². The van der Waals surface area contributed by atoms with Crippen LogP contribution in [0.1, 0.15) is 11.5 Å². The molecule has 3 heteroatoms. The van der Waals surface area contributed by atoms with E-state index < -0.39 is 0 Å². The smallest absolute Gasteiger partial charge is 0.110 e. The molecule has 0 fully saturated rings. The molecule has 0 spiro atoms. The fourth-order valence-electron chi connectivity index (χ4n) is 1.78. The SMILES string of the molecule is Cc1nc(CCN(C)C)c2ccccn12. The second-order valence-corrected chi connectivity index (χ2v) is 4.11. The summed E-state index contributed by atoms with van der Waals surface area (Å²) in [6.45, 7) is 3.09. The number of hydrogen-bond donors (Lipinski definition) is 0. The number of rotatable bonds is 3. The van der Waals surface area contributed by atoms with E-state index in [0.29, 0.717) is 0 Å².